The third-order valence-corrected chi connectivity index (χ3v) is 2.00. The Bertz CT molecular complexity index is 442. The maximum Gasteiger partial charge on any atom is 0.148 e. The predicted molar refractivity (Wildman–Crippen MR) is 51.7 cm³/mol. The highest BCUT2D eigenvalue weighted by molar-refractivity contribution is 6.29. The second-order valence-electron chi connectivity index (χ2n) is 2.71. The van der Waals surface area contributed by atoms with Crippen molar-refractivity contribution in [2.24, 2.45) is 0 Å². The zero-order valence-corrected chi connectivity index (χ0v) is 7.91. The van der Waals surface area contributed by atoms with Crippen LogP contribution in [0.2, 0.25) is 5.15 Å². The van der Waals surface area contributed by atoms with E-state index in [4.69, 9.17) is 11.6 Å². The van der Waals surface area contributed by atoms with Gasteiger partial charge in [-0.2, -0.15) is 0 Å². The van der Waals surface area contributed by atoms with Gasteiger partial charge in [0.15, 0.2) is 0 Å². The van der Waals surface area contributed by atoms with Crippen molar-refractivity contribution < 1.29 is 0 Å². The fourth-order valence-corrected chi connectivity index (χ4v) is 1.27. The Hall–Kier alpha value is -1.22. The minimum Gasteiger partial charge on any atom is -0.259 e. The lowest BCUT2D eigenvalue weighted by atomic mass is 10.2. The van der Waals surface area contributed by atoms with Gasteiger partial charge in [-0.15, -0.1) is 0 Å². The first-order valence-electron chi connectivity index (χ1n) is 4.07. The maximum absolute atomic E-state index is 5.72. The van der Waals surface area contributed by atoms with Crippen molar-refractivity contribution in [3.05, 3.63) is 29.3 Å². The SMILES string of the molecule is CCc1cc2nc(Cl)cnc2cn1. The molecule has 66 valence electrons. The molecule has 3 nitrogen and oxygen atoms in total. The normalized spacial score (nSPS) is 10.6. The van der Waals surface area contributed by atoms with Gasteiger partial charge in [-0.1, -0.05) is 18.5 Å². The minimum absolute atomic E-state index is 0.417. The fourth-order valence-electron chi connectivity index (χ4n) is 1.13. The summed E-state index contributed by atoms with van der Waals surface area (Å²) in [6.45, 7) is 2.05. The number of fused-ring (bicyclic) bond motifs is 1. The van der Waals surface area contributed by atoms with Gasteiger partial charge < -0.3 is 0 Å². The minimum atomic E-state index is 0.417. The molecule has 0 aliphatic carbocycles. The van der Waals surface area contributed by atoms with Crippen molar-refractivity contribution in [2.45, 2.75) is 13.3 Å². The van der Waals surface area contributed by atoms with Gasteiger partial charge in [0.1, 0.15) is 10.7 Å². The molecule has 0 fully saturated rings. The smallest absolute Gasteiger partial charge is 0.148 e. The lowest BCUT2D eigenvalue weighted by Gasteiger charge is -1.98. The summed E-state index contributed by atoms with van der Waals surface area (Å²) in [6.07, 6.45) is 4.14. The maximum atomic E-state index is 5.72. The van der Waals surface area contributed by atoms with E-state index in [-0.39, 0.29) is 0 Å². The molecule has 2 rings (SSSR count). The van der Waals surface area contributed by atoms with Gasteiger partial charge in [-0.05, 0) is 12.5 Å². The molecule has 0 saturated heterocycles. The average Bonchev–Trinajstić information content (AvgIpc) is 2.16. The Kier molecular flexibility index (Phi) is 2.10. The molecular formula is C9H8ClN3. The predicted octanol–water partition coefficient (Wildman–Crippen LogP) is 2.24. The van der Waals surface area contributed by atoms with Crippen molar-refractivity contribution in [3.8, 4) is 0 Å². The van der Waals surface area contributed by atoms with E-state index in [0.717, 1.165) is 23.1 Å². The van der Waals surface area contributed by atoms with Crippen LogP contribution in [0.1, 0.15) is 12.6 Å². The van der Waals surface area contributed by atoms with Crippen LogP contribution in [0.3, 0.4) is 0 Å². The number of hydrogen-bond donors (Lipinski definition) is 0. The van der Waals surface area contributed by atoms with E-state index in [1.165, 1.54) is 6.20 Å². The third kappa shape index (κ3) is 1.60. The molecule has 0 spiro atoms. The number of nitrogens with zero attached hydrogens (tertiary/aromatic N) is 3. The standard InChI is InChI=1S/C9H8ClN3/c1-2-6-3-7-8(4-11-6)12-5-9(10)13-7/h3-5H,2H2,1H3. The molecule has 0 radical (unpaired) electrons. The molecule has 13 heavy (non-hydrogen) atoms. The van der Waals surface area contributed by atoms with Crippen LogP contribution in [0.25, 0.3) is 11.0 Å². The number of pyridine rings is 1. The Morgan fingerprint density at radius 3 is 2.85 bits per heavy atom. The van der Waals surface area contributed by atoms with Crippen LogP contribution < -0.4 is 0 Å². The summed E-state index contributed by atoms with van der Waals surface area (Å²) in [6, 6.07) is 1.91. The van der Waals surface area contributed by atoms with Crippen LogP contribution >= 0.6 is 11.6 Å². The molecule has 0 bridgehead atoms. The third-order valence-electron chi connectivity index (χ3n) is 1.82. The molecule has 2 heterocycles. The van der Waals surface area contributed by atoms with Crippen LogP contribution in [0.4, 0.5) is 0 Å². The molecule has 0 aliphatic heterocycles. The average molecular weight is 194 g/mol. The van der Waals surface area contributed by atoms with Gasteiger partial charge in [0, 0.05) is 5.69 Å². The quantitative estimate of drug-likeness (QED) is 0.697. The monoisotopic (exact) mass is 193 g/mol. The number of rotatable bonds is 1. The largest absolute Gasteiger partial charge is 0.259 e. The number of aromatic nitrogens is 3. The van der Waals surface area contributed by atoms with E-state index in [1.807, 2.05) is 13.0 Å². The van der Waals surface area contributed by atoms with Gasteiger partial charge >= 0.3 is 0 Å². The van der Waals surface area contributed by atoms with Gasteiger partial charge in [0.2, 0.25) is 0 Å². The first-order chi connectivity index (χ1) is 6.29. The first kappa shape index (κ1) is 8.38. The van der Waals surface area contributed by atoms with Gasteiger partial charge in [-0.25, -0.2) is 9.97 Å². The van der Waals surface area contributed by atoms with E-state index >= 15 is 0 Å². The van der Waals surface area contributed by atoms with E-state index < -0.39 is 0 Å². The van der Waals surface area contributed by atoms with Crippen molar-refractivity contribution in [3.63, 3.8) is 0 Å². The van der Waals surface area contributed by atoms with Gasteiger partial charge in [0.25, 0.3) is 0 Å². The van der Waals surface area contributed by atoms with Crippen LogP contribution in [-0.2, 0) is 6.42 Å². The molecule has 0 saturated carbocycles. The zero-order valence-electron chi connectivity index (χ0n) is 7.16. The van der Waals surface area contributed by atoms with Gasteiger partial charge in [-0.3, -0.25) is 4.98 Å². The second kappa shape index (κ2) is 3.26. The summed E-state index contributed by atoms with van der Waals surface area (Å²) < 4.78 is 0. The molecule has 0 amide bonds. The van der Waals surface area contributed by atoms with Crippen molar-refractivity contribution in [1.29, 1.82) is 0 Å². The molecule has 0 aromatic carbocycles. The fraction of sp³-hybridized carbons (Fsp3) is 0.222. The van der Waals surface area contributed by atoms with Crippen molar-refractivity contribution >= 4 is 22.6 Å². The second-order valence-corrected chi connectivity index (χ2v) is 3.10. The molecule has 0 unspecified atom stereocenters. The molecule has 2 aromatic rings. The highest BCUT2D eigenvalue weighted by Gasteiger charge is 1.99. The number of halogens is 1. The summed E-state index contributed by atoms with van der Waals surface area (Å²) in [4.78, 5) is 12.5. The van der Waals surface area contributed by atoms with E-state index in [2.05, 4.69) is 15.0 Å². The summed E-state index contributed by atoms with van der Waals surface area (Å²) >= 11 is 5.72. The highest BCUT2D eigenvalue weighted by atomic mass is 35.5. The Labute approximate surface area is 80.8 Å². The lowest BCUT2D eigenvalue weighted by Crippen LogP contribution is -1.90. The topological polar surface area (TPSA) is 38.7 Å². The van der Waals surface area contributed by atoms with E-state index in [0.29, 0.717) is 5.15 Å². The van der Waals surface area contributed by atoms with Crippen molar-refractivity contribution in [2.75, 3.05) is 0 Å². The summed E-state index contributed by atoms with van der Waals surface area (Å²) in [5.74, 6) is 0. The molecule has 2 aromatic heterocycles. The van der Waals surface area contributed by atoms with E-state index in [9.17, 15) is 0 Å². The Balaban J connectivity index is 2.68. The van der Waals surface area contributed by atoms with Crippen molar-refractivity contribution in [1.82, 2.24) is 15.0 Å². The van der Waals surface area contributed by atoms with Crippen LogP contribution in [0.5, 0.6) is 0 Å². The molecular weight excluding hydrogens is 186 g/mol. The molecule has 4 heteroatoms. The molecule has 0 atom stereocenters. The molecule has 0 aliphatic rings. The Morgan fingerprint density at radius 1 is 1.23 bits per heavy atom. The highest BCUT2D eigenvalue weighted by Crippen LogP contribution is 2.12. The lowest BCUT2D eigenvalue weighted by molar-refractivity contribution is 1.04. The first-order valence-corrected chi connectivity index (χ1v) is 4.44. The van der Waals surface area contributed by atoms with E-state index in [1.54, 1.807) is 6.20 Å². The van der Waals surface area contributed by atoms with Crippen LogP contribution in [-0.4, -0.2) is 15.0 Å². The van der Waals surface area contributed by atoms with Crippen LogP contribution in [0.15, 0.2) is 18.5 Å². The number of aryl methyl sites for hydroxylation is 1. The summed E-state index contributed by atoms with van der Waals surface area (Å²) in [7, 11) is 0. The Morgan fingerprint density at radius 2 is 2.08 bits per heavy atom. The van der Waals surface area contributed by atoms with Crippen LogP contribution in [0, 0.1) is 0 Å². The number of hydrogen-bond acceptors (Lipinski definition) is 3. The van der Waals surface area contributed by atoms with Gasteiger partial charge in [0.05, 0.1) is 17.9 Å². The molecule has 0 N–H and O–H groups in total. The zero-order chi connectivity index (χ0) is 9.26. The summed E-state index contributed by atoms with van der Waals surface area (Å²) in [5.41, 5.74) is 2.59. The summed E-state index contributed by atoms with van der Waals surface area (Å²) in [5, 5.41) is 0.417.